The minimum Gasteiger partial charge on any atom is -0.336 e. The highest BCUT2D eigenvalue weighted by Crippen LogP contribution is 2.27. The second kappa shape index (κ2) is 5.74. The van der Waals surface area contributed by atoms with Gasteiger partial charge >= 0.3 is 0 Å². The Labute approximate surface area is 125 Å². The van der Waals surface area contributed by atoms with Crippen LogP contribution in [0.5, 0.6) is 0 Å². The van der Waals surface area contributed by atoms with Gasteiger partial charge in [-0.15, -0.1) is 0 Å². The molecule has 1 aliphatic rings. The lowest BCUT2D eigenvalue weighted by atomic mass is 9.93. The minimum atomic E-state index is 0.133. The van der Waals surface area contributed by atoms with Crippen LogP contribution in [0.4, 0.5) is 0 Å². The summed E-state index contributed by atoms with van der Waals surface area (Å²) in [5.74, 6) is 0.853. The van der Waals surface area contributed by atoms with Crippen molar-refractivity contribution in [3.63, 3.8) is 0 Å². The molecule has 1 aromatic rings. The molecule has 1 aliphatic heterocycles. The van der Waals surface area contributed by atoms with Crippen LogP contribution >= 0.6 is 31.9 Å². The number of piperidine rings is 1. The Morgan fingerprint density at radius 2 is 2.06 bits per heavy atom. The Kier molecular flexibility index (Phi) is 4.49. The highest BCUT2D eigenvalue weighted by Gasteiger charge is 2.28. The molecule has 2 nitrogen and oxygen atoms in total. The van der Waals surface area contributed by atoms with E-state index in [0.29, 0.717) is 6.04 Å². The van der Waals surface area contributed by atoms with E-state index in [-0.39, 0.29) is 5.91 Å². The Morgan fingerprint density at radius 3 is 2.67 bits per heavy atom. The largest absolute Gasteiger partial charge is 0.336 e. The molecule has 1 heterocycles. The minimum absolute atomic E-state index is 0.133. The van der Waals surface area contributed by atoms with E-state index in [2.05, 4.69) is 45.7 Å². The van der Waals surface area contributed by atoms with Gasteiger partial charge in [0.05, 0.1) is 5.56 Å². The Morgan fingerprint density at radius 1 is 1.33 bits per heavy atom. The van der Waals surface area contributed by atoms with E-state index in [0.717, 1.165) is 39.8 Å². The summed E-state index contributed by atoms with van der Waals surface area (Å²) < 4.78 is 1.83. The zero-order chi connectivity index (χ0) is 13.3. The lowest BCUT2D eigenvalue weighted by Crippen LogP contribution is -2.44. The Balaban J connectivity index is 2.20. The molecule has 0 bridgehead atoms. The first kappa shape index (κ1) is 14.1. The average Bonchev–Trinajstić information content (AvgIpc) is 2.28. The van der Waals surface area contributed by atoms with Gasteiger partial charge in [-0.2, -0.15) is 0 Å². The van der Waals surface area contributed by atoms with Crippen LogP contribution < -0.4 is 0 Å². The summed E-state index contributed by atoms with van der Waals surface area (Å²) in [5, 5.41) is 0. The molecule has 1 amide bonds. The summed E-state index contributed by atoms with van der Waals surface area (Å²) in [7, 11) is 0. The predicted octanol–water partition coefficient (Wildman–Crippen LogP) is 4.47. The van der Waals surface area contributed by atoms with Crippen molar-refractivity contribution in [3.05, 3.63) is 32.7 Å². The average molecular weight is 375 g/mol. The number of nitrogens with zero attached hydrogens (tertiary/aromatic N) is 1. The van der Waals surface area contributed by atoms with Crippen molar-refractivity contribution in [2.24, 2.45) is 5.92 Å². The van der Waals surface area contributed by atoms with Gasteiger partial charge in [0, 0.05) is 21.5 Å². The summed E-state index contributed by atoms with van der Waals surface area (Å²) >= 11 is 6.87. The fraction of sp³-hybridized carbons (Fsp3) is 0.500. The summed E-state index contributed by atoms with van der Waals surface area (Å²) in [6, 6.07) is 6.04. The van der Waals surface area contributed by atoms with Crippen LogP contribution in [0.25, 0.3) is 0 Å². The van der Waals surface area contributed by atoms with Crippen LogP contribution in [0, 0.1) is 5.92 Å². The second-order valence-electron chi connectivity index (χ2n) is 5.10. The molecule has 2 rings (SSSR count). The quantitative estimate of drug-likeness (QED) is 0.709. The Bertz CT molecular complexity index is 461. The standard InChI is InChI=1S/C14H17Br2NO/c1-9-5-6-17(10(2)7-9)14(18)12-4-3-11(15)8-13(12)16/h3-4,8-10H,5-7H2,1-2H3. The van der Waals surface area contributed by atoms with Crippen molar-refractivity contribution < 1.29 is 4.79 Å². The molecule has 0 saturated carbocycles. The van der Waals surface area contributed by atoms with E-state index in [9.17, 15) is 4.79 Å². The third kappa shape index (κ3) is 2.97. The van der Waals surface area contributed by atoms with Gasteiger partial charge in [0.15, 0.2) is 0 Å². The monoisotopic (exact) mass is 373 g/mol. The highest BCUT2D eigenvalue weighted by atomic mass is 79.9. The van der Waals surface area contributed by atoms with Crippen LogP contribution in [-0.2, 0) is 0 Å². The molecule has 0 aliphatic carbocycles. The summed E-state index contributed by atoms with van der Waals surface area (Å²) in [6.45, 7) is 5.26. The smallest absolute Gasteiger partial charge is 0.255 e. The van der Waals surface area contributed by atoms with Gasteiger partial charge in [-0.25, -0.2) is 0 Å². The number of hydrogen-bond donors (Lipinski definition) is 0. The zero-order valence-corrected chi connectivity index (χ0v) is 13.8. The number of likely N-dealkylation sites (tertiary alicyclic amines) is 1. The van der Waals surface area contributed by atoms with E-state index in [4.69, 9.17) is 0 Å². The maximum Gasteiger partial charge on any atom is 0.255 e. The summed E-state index contributed by atoms with van der Waals surface area (Å²) in [4.78, 5) is 14.5. The van der Waals surface area contributed by atoms with Gasteiger partial charge in [-0.3, -0.25) is 4.79 Å². The molecule has 0 N–H and O–H groups in total. The molecule has 98 valence electrons. The molecule has 4 heteroatoms. The number of halogens is 2. The summed E-state index contributed by atoms with van der Waals surface area (Å²) in [5.41, 5.74) is 0.750. The molecule has 18 heavy (non-hydrogen) atoms. The Hall–Kier alpha value is -0.350. The van der Waals surface area contributed by atoms with Crippen LogP contribution in [0.15, 0.2) is 27.1 Å². The molecule has 2 atom stereocenters. The first-order chi connectivity index (χ1) is 8.49. The van der Waals surface area contributed by atoms with Crippen molar-refractivity contribution in [2.75, 3.05) is 6.54 Å². The van der Waals surface area contributed by atoms with Gasteiger partial charge in [0.1, 0.15) is 0 Å². The molecule has 1 fully saturated rings. The lowest BCUT2D eigenvalue weighted by molar-refractivity contribution is 0.0587. The summed E-state index contributed by atoms with van der Waals surface area (Å²) in [6.07, 6.45) is 2.20. The number of benzene rings is 1. The van der Waals surface area contributed by atoms with E-state index >= 15 is 0 Å². The predicted molar refractivity (Wildman–Crippen MR) is 80.7 cm³/mol. The fourth-order valence-electron chi connectivity index (χ4n) is 2.53. The van der Waals surface area contributed by atoms with Gasteiger partial charge in [0.2, 0.25) is 0 Å². The van der Waals surface area contributed by atoms with Crippen molar-refractivity contribution in [1.29, 1.82) is 0 Å². The van der Waals surface area contributed by atoms with Crippen LogP contribution in [0.1, 0.15) is 37.0 Å². The molecule has 0 aromatic heterocycles. The number of amides is 1. The topological polar surface area (TPSA) is 20.3 Å². The highest BCUT2D eigenvalue weighted by molar-refractivity contribution is 9.11. The van der Waals surface area contributed by atoms with Crippen molar-refractivity contribution in [1.82, 2.24) is 4.90 Å². The first-order valence-corrected chi connectivity index (χ1v) is 7.83. The van der Waals surface area contributed by atoms with E-state index in [1.54, 1.807) is 0 Å². The van der Waals surface area contributed by atoms with Crippen LogP contribution in [0.2, 0.25) is 0 Å². The number of carbonyl (C=O) groups excluding carboxylic acids is 1. The lowest BCUT2D eigenvalue weighted by Gasteiger charge is -2.36. The van der Waals surface area contributed by atoms with Gasteiger partial charge in [-0.1, -0.05) is 22.9 Å². The van der Waals surface area contributed by atoms with Gasteiger partial charge < -0.3 is 4.90 Å². The van der Waals surface area contributed by atoms with E-state index in [1.165, 1.54) is 0 Å². The van der Waals surface area contributed by atoms with Crippen LogP contribution in [0.3, 0.4) is 0 Å². The number of hydrogen-bond acceptors (Lipinski definition) is 1. The molecule has 1 aromatic carbocycles. The molecular weight excluding hydrogens is 358 g/mol. The first-order valence-electron chi connectivity index (χ1n) is 6.25. The molecule has 0 spiro atoms. The molecular formula is C14H17Br2NO. The normalized spacial score (nSPS) is 24.1. The third-order valence-corrected chi connectivity index (χ3v) is 4.71. The van der Waals surface area contributed by atoms with E-state index in [1.807, 2.05) is 23.1 Å². The molecule has 2 unspecified atom stereocenters. The number of carbonyl (C=O) groups is 1. The van der Waals surface area contributed by atoms with Crippen molar-refractivity contribution in [2.45, 2.75) is 32.7 Å². The SMILES string of the molecule is CC1CCN(C(=O)c2ccc(Br)cc2Br)C(C)C1. The third-order valence-electron chi connectivity index (χ3n) is 3.56. The second-order valence-corrected chi connectivity index (χ2v) is 6.87. The van der Waals surface area contributed by atoms with Crippen LogP contribution in [-0.4, -0.2) is 23.4 Å². The molecule has 1 saturated heterocycles. The van der Waals surface area contributed by atoms with Crippen molar-refractivity contribution in [3.8, 4) is 0 Å². The van der Waals surface area contributed by atoms with Gasteiger partial charge in [-0.05, 0) is 59.8 Å². The van der Waals surface area contributed by atoms with E-state index < -0.39 is 0 Å². The number of rotatable bonds is 1. The molecule has 0 radical (unpaired) electrons. The fourth-order valence-corrected chi connectivity index (χ4v) is 3.74. The maximum atomic E-state index is 12.5. The zero-order valence-electron chi connectivity index (χ0n) is 10.6. The van der Waals surface area contributed by atoms with Crippen molar-refractivity contribution >= 4 is 37.8 Å². The van der Waals surface area contributed by atoms with Gasteiger partial charge in [0.25, 0.3) is 5.91 Å². The maximum absolute atomic E-state index is 12.5.